The Kier molecular flexibility index (Phi) is 4.13. The van der Waals surface area contributed by atoms with Gasteiger partial charge in [0.05, 0.1) is 5.69 Å². The number of nitrogens with two attached hydrogens (primary N) is 2. The fraction of sp³-hybridized carbons (Fsp3) is 0.538. The number of para-hydroxylation sites is 1. The summed E-state index contributed by atoms with van der Waals surface area (Å²) in [6.07, 6.45) is 2.10. The molecule has 2 unspecified atom stereocenters. The molecule has 0 radical (unpaired) electrons. The van der Waals surface area contributed by atoms with Crippen molar-refractivity contribution in [3.8, 4) is 0 Å². The third kappa shape index (κ3) is 3.08. The summed E-state index contributed by atoms with van der Waals surface area (Å²) in [5.41, 5.74) is 6.43. The van der Waals surface area contributed by atoms with Crippen molar-refractivity contribution in [2.24, 2.45) is 16.8 Å². The zero-order valence-corrected chi connectivity index (χ0v) is 11.9. The summed E-state index contributed by atoms with van der Waals surface area (Å²) in [5.74, 6) is 0.407. The zero-order valence-electron chi connectivity index (χ0n) is 11.1. The first-order chi connectivity index (χ1) is 8.93. The third-order valence-electron chi connectivity index (χ3n) is 3.79. The SMILES string of the molecule is CC1CCC(CN)CN1c1ccccc1S(N)(=O)=O. The van der Waals surface area contributed by atoms with Crippen LogP contribution in [0.1, 0.15) is 19.8 Å². The molecule has 1 heterocycles. The fourth-order valence-electron chi connectivity index (χ4n) is 2.65. The first kappa shape index (κ1) is 14.3. The molecule has 4 N–H and O–H groups in total. The van der Waals surface area contributed by atoms with Crippen LogP contribution >= 0.6 is 0 Å². The fourth-order valence-corrected chi connectivity index (χ4v) is 3.39. The summed E-state index contributed by atoms with van der Waals surface area (Å²) in [5, 5.41) is 5.30. The van der Waals surface area contributed by atoms with Gasteiger partial charge in [-0.2, -0.15) is 0 Å². The minimum Gasteiger partial charge on any atom is -0.367 e. The molecule has 0 bridgehead atoms. The van der Waals surface area contributed by atoms with Gasteiger partial charge >= 0.3 is 0 Å². The van der Waals surface area contributed by atoms with Gasteiger partial charge in [0.2, 0.25) is 10.0 Å². The average molecular weight is 283 g/mol. The van der Waals surface area contributed by atoms with Crippen molar-refractivity contribution in [1.29, 1.82) is 0 Å². The summed E-state index contributed by atoms with van der Waals surface area (Å²) in [6, 6.07) is 7.20. The van der Waals surface area contributed by atoms with E-state index in [9.17, 15) is 8.42 Å². The number of rotatable bonds is 3. The lowest BCUT2D eigenvalue weighted by molar-refractivity contribution is 0.372. The van der Waals surface area contributed by atoms with Crippen LogP contribution in [-0.2, 0) is 10.0 Å². The lowest BCUT2D eigenvalue weighted by Crippen LogP contribution is -2.44. The van der Waals surface area contributed by atoms with E-state index in [4.69, 9.17) is 10.9 Å². The number of nitrogens with zero attached hydrogens (tertiary/aromatic N) is 1. The average Bonchev–Trinajstić information content (AvgIpc) is 2.38. The Morgan fingerprint density at radius 2 is 2.00 bits per heavy atom. The van der Waals surface area contributed by atoms with Gasteiger partial charge < -0.3 is 10.6 Å². The van der Waals surface area contributed by atoms with E-state index < -0.39 is 10.0 Å². The lowest BCUT2D eigenvalue weighted by Gasteiger charge is -2.40. The number of benzene rings is 1. The normalized spacial score (nSPS) is 24.5. The van der Waals surface area contributed by atoms with Crippen LogP contribution < -0.4 is 15.8 Å². The Hall–Kier alpha value is -1.11. The predicted molar refractivity (Wildman–Crippen MR) is 76.4 cm³/mol. The summed E-state index contributed by atoms with van der Waals surface area (Å²) >= 11 is 0. The second kappa shape index (κ2) is 5.48. The van der Waals surface area contributed by atoms with Gasteiger partial charge in [0.1, 0.15) is 4.90 Å². The van der Waals surface area contributed by atoms with Gasteiger partial charge in [-0.05, 0) is 44.4 Å². The van der Waals surface area contributed by atoms with Crippen molar-refractivity contribution in [3.05, 3.63) is 24.3 Å². The molecule has 1 saturated heterocycles. The second-order valence-corrected chi connectivity index (χ2v) is 6.72. The highest BCUT2D eigenvalue weighted by Gasteiger charge is 2.28. The van der Waals surface area contributed by atoms with Crippen LogP contribution in [-0.4, -0.2) is 27.5 Å². The van der Waals surface area contributed by atoms with Crippen molar-refractivity contribution in [1.82, 2.24) is 0 Å². The summed E-state index contributed by atoms with van der Waals surface area (Å²) in [7, 11) is -3.70. The number of piperidine rings is 1. The number of hydrogen-bond donors (Lipinski definition) is 2. The van der Waals surface area contributed by atoms with E-state index in [-0.39, 0.29) is 4.90 Å². The van der Waals surface area contributed by atoms with Crippen LogP contribution in [0, 0.1) is 5.92 Å². The van der Waals surface area contributed by atoms with Gasteiger partial charge in [0.25, 0.3) is 0 Å². The minimum atomic E-state index is -3.70. The second-order valence-electron chi connectivity index (χ2n) is 5.19. The van der Waals surface area contributed by atoms with Gasteiger partial charge in [-0.25, -0.2) is 13.6 Å². The van der Waals surface area contributed by atoms with Gasteiger partial charge in [0.15, 0.2) is 0 Å². The number of primary sulfonamides is 1. The van der Waals surface area contributed by atoms with E-state index in [1.54, 1.807) is 12.1 Å². The number of anilines is 1. The topological polar surface area (TPSA) is 89.4 Å². The van der Waals surface area contributed by atoms with E-state index in [0.717, 1.165) is 19.4 Å². The molecule has 6 heteroatoms. The predicted octanol–water partition coefficient (Wildman–Crippen LogP) is 0.898. The van der Waals surface area contributed by atoms with Crippen LogP contribution in [0.2, 0.25) is 0 Å². The number of sulfonamides is 1. The molecule has 1 aromatic carbocycles. The molecule has 5 nitrogen and oxygen atoms in total. The molecule has 0 aliphatic carbocycles. The quantitative estimate of drug-likeness (QED) is 0.862. The summed E-state index contributed by atoms with van der Waals surface area (Å²) in [4.78, 5) is 2.31. The molecular formula is C13H21N3O2S. The molecule has 1 aliphatic heterocycles. The molecule has 0 spiro atoms. The Balaban J connectivity index is 2.40. The third-order valence-corrected chi connectivity index (χ3v) is 4.75. The van der Waals surface area contributed by atoms with Crippen LogP contribution in [0.15, 0.2) is 29.2 Å². The van der Waals surface area contributed by atoms with E-state index in [0.29, 0.717) is 24.2 Å². The van der Waals surface area contributed by atoms with E-state index in [2.05, 4.69) is 11.8 Å². The maximum atomic E-state index is 11.7. The zero-order chi connectivity index (χ0) is 14.0. The van der Waals surface area contributed by atoms with Crippen molar-refractivity contribution in [3.63, 3.8) is 0 Å². The first-order valence-electron chi connectivity index (χ1n) is 6.52. The van der Waals surface area contributed by atoms with Crippen LogP contribution in [0.3, 0.4) is 0 Å². The lowest BCUT2D eigenvalue weighted by atomic mass is 9.93. The maximum Gasteiger partial charge on any atom is 0.240 e. The maximum absolute atomic E-state index is 11.7. The molecule has 0 aromatic heterocycles. The van der Waals surface area contributed by atoms with Crippen molar-refractivity contribution in [2.45, 2.75) is 30.7 Å². The Morgan fingerprint density at radius 1 is 1.32 bits per heavy atom. The highest BCUT2D eigenvalue weighted by molar-refractivity contribution is 7.89. The number of hydrogen-bond acceptors (Lipinski definition) is 4. The van der Waals surface area contributed by atoms with Gasteiger partial charge in [-0.15, -0.1) is 0 Å². The monoisotopic (exact) mass is 283 g/mol. The van der Waals surface area contributed by atoms with Crippen LogP contribution in [0.25, 0.3) is 0 Å². The molecule has 0 amide bonds. The van der Waals surface area contributed by atoms with Crippen molar-refractivity contribution < 1.29 is 8.42 Å². The standard InChI is InChI=1S/C13H21N3O2S/c1-10-6-7-11(8-14)9-16(10)12-4-2-3-5-13(12)19(15,17)18/h2-5,10-11H,6-9,14H2,1H3,(H2,15,17,18). The van der Waals surface area contributed by atoms with Gasteiger partial charge in [-0.3, -0.25) is 0 Å². The smallest absolute Gasteiger partial charge is 0.240 e. The molecule has 1 fully saturated rings. The highest BCUT2D eigenvalue weighted by Crippen LogP contribution is 2.31. The molecule has 19 heavy (non-hydrogen) atoms. The van der Waals surface area contributed by atoms with Crippen molar-refractivity contribution in [2.75, 3.05) is 18.0 Å². The van der Waals surface area contributed by atoms with E-state index in [1.165, 1.54) is 0 Å². The molecular weight excluding hydrogens is 262 g/mol. The Morgan fingerprint density at radius 3 is 2.63 bits per heavy atom. The van der Waals surface area contributed by atoms with Crippen molar-refractivity contribution >= 4 is 15.7 Å². The summed E-state index contributed by atoms with van der Waals surface area (Å²) < 4.78 is 23.4. The molecule has 2 rings (SSSR count). The Labute approximate surface area is 114 Å². The molecule has 1 aromatic rings. The first-order valence-corrected chi connectivity index (χ1v) is 8.06. The molecule has 106 valence electrons. The van der Waals surface area contributed by atoms with Crippen LogP contribution in [0.5, 0.6) is 0 Å². The minimum absolute atomic E-state index is 0.194. The molecule has 2 atom stereocenters. The summed E-state index contributed by atoms with van der Waals surface area (Å²) in [6.45, 7) is 3.51. The highest BCUT2D eigenvalue weighted by atomic mass is 32.2. The van der Waals surface area contributed by atoms with Gasteiger partial charge in [-0.1, -0.05) is 12.1 Å². The van der Waals surface area contributed by atoms with Crippen LogP contribution in [0.4, 0.5) is 5.69 Å². The van der Waals surface area contributed by atoms with Gasteiger partial charge in [0, 0.05) is 12.6 Å². The van der Waals surface area contributed by atoms with E-state index in [1.807, 2.05) is 12.1 Å². The largest absolute Gasteiger partial charge is 0.367 e. The van der Waals surface area contributed by atoms with E-state index >= 15 is 0 Å². The Bertz CT molecular complexity index is 545. The molecule has 0 saturated carbocycles. The molecule has 1 aliphatic rings.